The molecule has 0 aliphatic rings. The summed E-state index contributed by atoms with van der Waals surface area (Å²) in [6.45, 7) is 3.60. The van der Waals surface area contributed by atoms with Crippen LogP contribution in [-0.4, -0.2) is 0 Å². The van der Waals surface area contributed by atoms with Gasteiger partial charge in [0, 0.05) is 0 Å². The van der Waals surface area contributed by atoms with E-state index in [-0.39, 0.29) is 5.82 Å². The van der Waals surface area contributed by atoms with Gasteiger partial charge in [0.2, 0.25) is 0 Å². The number of halogens is 2. The second-order valence-corrected chi connectivity index (χ2v) is 1.63. The summed E-state index contributed by atoms with van der Waals surface area (Å²) >= 11 is 4.25. The first-order valence-electron chi connectivity index (χ1n) is 2.63. The van der Waals surface area contributed by atoms with E-state index in [4.69, 9.17) is 0 Å². The molecule has 50 valence electrons. The second-order valence-electron chi connectivity index (χ2n) is 1.63. The summed E-state index contributed by atoms with van der Waals surface area (Å²) in [4.78, 5) is 0. The van der Waals surface area contributed by atoms with E-state index in [1.807, 2.05) is 0 Å². The van der Waals surface area contributed by atoms with E-state index in [0.717, 1.165) is 5.56 Å². The van der Waals surface area contributed by atoms with Crippen molar-refractivity contribution in [3.8, 4) is 0 Å². The Kier molecular flexibility index (Phi) is 5.95. The zero-order chi connectivity index (χ0) is 7.98. The Hall–Kier alpha value is 0.123. The van der Waals surface area contributed by atoms with Crippen molar-refractivity contribution in [2.45, 2.75) is 0 Å². The summed E-state index contributed by atoms with van der Waals surface area (Å²) in [5, 5.41) is 0. The molecule has 0 aromatic heterocycles. The molecule has 0 saturated carbocycles. The molecule has 0 radical (unpaired) electrons. The van der Waals surface area contributed by atoms with Crippen molar-refractivity contribution in [3.63, 3.8) is 0 Å². The van der Waals surface area contributed by atoms with E-state index in [0.29, 0.717) is 0 Å². The van der Waals surface area contributed by atoms with Crippen LogP contribution in [0.3, 0.4) is 0 Å². The van der Waals surface area contributed by atoms with Gasteiger partial charge in [-0.25, -0.2) is 4.39 Å². The molecule has 0 saturated heterocycles. The van der Waals surface area contributed by atoms with E-state index in [9.17, 15) is 4.39 Å². The molecule has 0 aliphatic heterocycles. The molecule has 1 aromatic rings. The molecule has 0 fully saturated rings. The number of rotatable bonds is 0. The van der Waals surface area contributed by atoms with E-state index in [1.54, 1.807) is 12.1 Å². The zero-order valence-corrected chi connectivity index (χ0v) is 10.0. The third-order valence-electron chi connectivity index (χ3n) is 0.913. The van der Waals surface area contributed by atoms with Crippen LogP contribution >= 0.6 is 13.6 Å². The molecule has 1 rings (SSSR count). The van der Waals surface area contributed by atoms with Gasteiger partial charge in [-0.3, -0.25) is 0 Å². The molecule has 0 bridgehead atoms. The first-order valence-corrected chi connectivity index (χ1v) is 9.58. The quantitative estimate of drug-likeness (QED) is 0.493. The minimum absolute atomic E-state index is 0.211. The average Bonchev–Trinajstić information content (AvgIpc) is 2.00. The third-order valence-corrected chi connectivity index (χ3v) is 0.913. The van der Waals surface area contributed by atoms with Crippen molar-refractivity contribution >= 4 is 13.6 Å². The Morgan fingerprint density at radius 1 is 1.20 bits per heavy atom. The van der Waals surface area contributed by atoms with Gasteiger partial charge < -0.3 is 0 Å². The Morgan fingerprint density at radius 2 is 1.60 bits per heavy atom. The van der Waals surface area contributed by atoms with Gasteiger partial charge in [0.05, 0.1) is 5.82 Å². The average molecular weight is 254 g/mol. The molecule has 0 aliphatic carbocycles. The molecule has 0 amide bonds. The number of hydrogen-bond acceptors (Lipinski definition) is 0. The Morgan fingerprint density at radius 3 is 1.90 bits per heavy atom. The maximum atomic E-state index is 12.1. The van der Waals surface area contributed by atoms with Crippen LogP contribution in [0.2, 0.25) is 0 Å². The predicted octanol–water partition coefficient (Wildman–Crippen LogP) is 2.85. The summed E-state index contributed by atoms with van der Waals surface area (Å²) in [6, 6.07) is 6.05. The molecule has 10 heavy (non-hydrogen) atoms. The fraction of sp³-hybridized carbons (Fsp3) is 0. The van der Waals surface area contributed by atoms with Gasteiger partial charge in [-0.15, -0.1) is 0 Å². The fourth-order valence-electron chi connectivity index (χ4n) is 0.484. The molecule has 1 aromatic carbocycles. The SMILES string of the molecule is [CH2-]c1ccc(F)cc1.[Zn+][Br]. The Labute approximate surface area is 76.9 Å². The molecular formula is C7H6BrFZn. The van der Waals surface area contributed by atoms with Crippen LogP contribution in [0.25, 0.3) is 0 Å². The van der Waals surface area contributed by atoms with Gasteiger partial charge in [0.15, 0.2) is 0 Å². The topological polar surface area (TPSA) is 0 Å². The van der Waals surface area contributed by atoms with Crippen LogP contribution in [0.4, 0.5) is 4.39 Å². The van der Waals surface area contributed by atoms with Gasteiger partial charge in [0.25, 0.3) is 0 Å². The van der Waals surface area contributed by atoms with E-state index >= 15 is 0 Å². The monoisotopic (exact) mass is 252 g/mol. The molecule has 0 unspecified atom stereocenters. The van der Waals surface area contributed by atoms with E-state index in [1.165, 1.54) is 28.5 Å². The van der Waals surface area contributed by atoms with E-state index < -0.39 is 0 Å². The predicted molar refractivity (Wildman–Crippen MR) is 39.8 cm³/mol. The van der Waals surface area contributed by atoms with E-state index in [2.05, 4.69) is 20.5 Å². The molecular weight excluding hydrogens is 248 g/mol. The van der Waals surface area contributed by atoms with Crippen LogP contribution in [0.1, 0.15) is 5.56 Å². The van der Waals surface area contributed by atoms with Crippen molar-refractivity contribution in [2.24, 2.45) is 0 Å². The molecule has 0 N–H and O–H groups in total. The minimum atomic E-state index is -0.211. The number of hydrogen-bond donors (Lipinski definition) is 0. The van der Waals surface area contributed by atoms with Crippen molar-refractivity contribution in [1.82, 2.24) is 0 Å². The molecule has 0 atom stereocenters. The van der Waals surface area contributed by atoms with Crippen LogP contribution in [0.5, 0.6) is 0 Å². The Bertz CT molecular complexity index is 152. The van der Waals surface area contributed by atoms with Crippen molar-refractivity contribution in [3.05, 3.63) is 42.6 Å². The van der Waals surface area contributed by atoms with Crippen LogP contribution in [0, 0.1) is 12.7 Å². The van der Waals surface area contributed by atoms with Gasteiger partial charge in [-0.2, -0.15) is 24.6 Å². The molecule has 0 nitrogen and oxygen atoms in total. The zero-order valence-electron chi connectivity index (χ0n) is 5.48. The summed E-state index contributed by atoms with van der Waals surface area (Å²) in [5.74, 6) is -0.211. The fourth-order valence-corrected chi connectivity index (χ4v) is 0.484. The standard InChI is InChI=1S/C7H6F.BrH.Zn/c1-6-2-4-7(8)5-3-6;;/h2-5H,1H2;1H;/q-1;;+2/p-1. The maximum absolute atomic E-state index is 12.1. The number of benzene rings is 1. The van der Waals surface area contributed by atoms with Crippen molar-refractivity contribution in [2.75, 3.05) is 0 Å². The first kappa shape index (κ1) is 10.1. The van der Waals surface area contributed by atoms with Gasteiger partial charge in [-0.1, -0.05) is 12.1 Å². The Balaban J connectivity index is 0.000000371. The van der Waals surface area contributed by atoms with Gasteiger partial charge >= 0.3 is 30.0 Å². The van der Waals surface area contributed by atoms with Gasteiger partial charge in [0.1, 0.15) is 0 Å². The van der Waals surface area contributed by atoms with Crippen molar-refractivity contribution in [1.29, 1.82) is 0 Å². The van der Waals surface area contributed by atoms with Crippen molar-refractivity contribution < 1.29 is 20.7 Å². The van der Waals surface area contributed by atoms with Gasteiger partial charge in [-0.05, 0) is 0 Å². The third kappa shape index (κ3) is 4.02. The van der Waals surface area contributed by atoms with Crippen LogP contribution in [0.15, 0.2) is 24.3 Å². The summed E-state index contributed by atoms with van der Waals surface area (Å²) in [7, 11) is 0. The second kappa shape index (κ2) is 5.87. The van der Waals surface area contributed by atoms with Crippen LogP contribution in [-0.2, 0) is 16.3 Å². The molecule has 0 spiro atoms. The summed E-state index contributed by atoms with van der Waals surface area (Å²) in [5.41, 5.74) is 0.839. The summed E-state index contributed by atoms with van der Waals surface area (Å²) < 4.78 is 12.1. The first-order chi connectivity index (χ1) is 4.79. The summed E-state index contributed by atoms with van der Waals surface area (Å²) in [6.07, 6.45) is 0. The van der Waals surface area contributed by atoms with Crippen LogP contribution < -0.4 is 0 Å². The molecule has 3 heteroatoms. The molecule has 0 heterocycles. The normalized spacial score (nSPS) is 8.00.